The molecule has 4 nitrogen and oxygen atoms in total. The molecule has 0 bridgehead atoms. The van der Waals surface area contributed by atoms with Gasteiger partial charge in [0, 0.05) is 4.88 Å². The summed E-state index contributed by atoms with van der Waals surface area (Å²) < 4.78 is 34.0. The monoisotopic (exact) mass is 386 g/mol. The quantitative estimate of drug-likeness (QED) is 0.689. The highest BCUT2D eigenvalue weighted by atomic mass is 79.9. The number of hydrogen-bond acceptors (Lipinski definition) is 4. The van der Waals surface area contributed by atoms with E-state index in [4.69, 9.17) is 4.74 Å². The number of benzene rings is 1. The van der Waals surface area contributed by atoms with Gasteiger partial charge >= 0.3 is 0 Å². The van der Waals surface area contributed by atoms with E-state index < -0.39 is 17.2 Å². The maximum Gasteiger partial charge on any atom is 0.295 e. The smallest absolute Gasteiger partial charge is 0.295 e. The lowest BCUT2D eigenvalue weighted by molar-refractivity contribution is 0.293. The van der Waals surface area contributed by atoms with E-state index in [1.807, 2.05) is 0 Å². The zero-order chi connectivity index (χ0) is 15.9. The highest BCUT2D eigenvalue weighted by molar-refractivity contribution is 9.10. The van der Waals surface area contributed by atoms with E-state index >= 15 is 0 Å². The molecule has 0 saturated carbocycles. The van der Waals surface area contributed by atoms with Crippen LogP contribution in [0.2, 0.25) is 0 Å². The first-order valence-corrected chi connectivity index (χ1v) is 7.82. The van der Waals surface area contributed by atoms with Gasteiger partial charge in [-0.1, -0.05) is 0 Å². The molecule has 8 heteroatoms. The molecule has 0 aliphatic heterocycles. The highest BCUT2D eigenvalue weighted by Gasteiger charge is 2.17. The van der Waals surface area contributed by atoms with Crippen molar-refractivity contribution in [2.75, 3.05) is 0 Å². The number of nitrogens with zero attached hydrogens (tertiary/aromatic N) is 2. The molecule has 0 aliphatic rings. The third-order valence-corrected chi connectivity index (χ3v) is 5.15. The van der Waals surface area contributed by atoms with Gasteiger partial charge in [-0.2, -0.15) is 4.39 Å². The summed E-state index contributed by atoms with van der Waals surface area (Å²) in [5, 5.41) is 0. The van der Waals surface area contributed by atoms with Crippen LogP contribution in [0.3, 0.4) is 0 Å². The minimum atomic E-state index is -0.960. The Morgan fingerprint density at radius 1 is 1.32 bits per heavy atom. The summed E-state index contributed by atoms with van der Waals surface area (Å²) in [6.07, 6.45) is 0. The molecular formula is C14H9BrF2N2O2S. The Morgan fingerprint density at radius 2 is 2.00 bits per heavy atom. The van der Waals surface area contributed by atoms with Crippen LogP contribution in [-0.4, -0.2) is 9.38 Å². The molecule has 2 heterocycles. The Labute approximate surface area is 136 Å². The van der Waals surface area contributed by atoms with Crippen LogP contribution < -0.4 is 10.3 Å². The summed E-state index contributed by atoms with van der Waals surface area (Å²) in [4.78, 5) is 17.4. The lowest BCUT2D eigenvalue weighted by Gasteiger charge is -2.06. The van der Waals surface area contributed by atoms with Crippen molar-refractivity contribution in [1.82, 2.24) is 9.38 Å². The molecule has 22 heavy (non-hydrogen) atoms. The summed E-state index contributed by atoms with van der Waals surface area (Å²) >= 11 is 4.52. The van der Waals surface area contributed by atoms with Crippen LogP contribution in [-0.2, 0) is 6.61 Å². The number of aryl methyl sites for hydroxylation is 1. The topological polar surface area (TPSA) is 43.6 Å². The Hall–Kier alpha value is -1.80. The van der Waals surface area contributed by atoms with Crippen LogP contribution in [0.15, 0.2) is 33.7 Å². The average Bonchev–Trinajstić information content (AvgIpc) is 2.78. The van der Waals surface area contributed by atoms with E-state index in [0.717, 1.165) is 4.88 Å². The fourth-order valence-corrected chi connectivity index (χ4v) is 3.44. The number of fused-ring (bicyclic) bond motifs is 1. The minimum Gasteiger partial charge on any atom is -0.487 e. The minimum absolute atomic E-state index is 0.0805. The summed E-state index contributed by atoms with van der Waals surface area (Å²) in [5.74, 6) is -0.986. The largest absolute Gasteiger partial charge is 0.487 e. The number of halogens is 3. The Balaban J connectivity index is 1.95. The van der Waals surface area contributed by atoms with Crippen molar-refractivity contribution in [3.05, 3.63) is 61.4 Å². The lowest BCUT2D eigenvalue weighted by Crippen LogP contribution is -2.21. The van der Waals surface area contributed by atoms with E-state index in [-0.39, 0.29) is 12.3 Å². The Kier molecular flexibility index (Phi) is 3.96. The van der Waals surface area contributed by atoms with Gasteiger partial charge in [0.1, 0.15) is 28.5 Å². The normalized spacial score (nSPS) is 11.1. The van der Waals surface area contributed by atoms with Crippen LogP contribution in [0.4, 0.5) is 8.78 Å². The second kappa shape index (κ2) is 5.77. The Morgan fingerprint density at radius 3 is 2.68 bits per heavy atom. The molecule has 0 saturated heterocycles. The molecule has 0 aliphatic carbocycles. The zero-order valence-electron chi connectivity index (χ0n) is 11.3. The summed E-state index contributed by atoms with van der Waals surface area (Å²) in [6.45, 7) is 1.59. The predicted molar refractivity (Wildman–Crippen MR) is 82.5 cm³/mol. The highest BCUT2D eigenvalue weighted by Crippen LogP contribution is 2.25. The molecule has 0 unspecified atom stereocenters. The Bertz CT molecular complexity index is 906. The molecule has 0 N–H and O–H groups in total. The van der Waals surface area contributed by atoms with Crippen LogP contribution in [0.25, 0.3) is 4.96 Å². The van der Waals surface area contributed by atoms with Crippen molar-refractivity contribution < 1.29 is 13.5 Å². The third kappa shape index (κ3) is 2.64. The second-order valence-corrected chi connectivity index (χ2v) is 6.42. The fourth-order valence-electron chi connectivity index (χ4n) is 1.88. The van der Waals surface area contributed by atoms with Crippen LogP contribution in [0.5, 0.6) is 5.75 Å². The van der Waals surface area contributed by atoms with Gasteiger partial charge in [0.2, 0.25) is 5.82 Å². The van der Waals surface area contributed by atoms with Gasteiger partial charge in [0.05, 0.1) is 0 Å². The van der Waals surface area contributed by atoms with Crippen molar-refractivity contribution in [3.63, 3.8) is 0 Å². The molecule has 0 radical (unpaired) electrons. The number of rotatable bonds is 3. The molecule has 0 fully saturated rings. The number of ether oxygens (including phenoxy) is 1. The van der Waals surface area contributed by atoms with E-state index in [0.29, 0.717) is 15.3 Å². The van der Waals surface area contributed by atoms with Gasteiger partial charge in [0.25, 0.3) is 5.56 Å². The number of thiazole rings is 1. The summed E-state index contributed by atoms with van der Waals surface area (Å²) in [5.41, 5.74) is -0.859. The first kappa shape index (κ1) is 15.1. The molecule has 2 aromatic heterocycles. The first-order valence-electron chi connectivity index (χ1n) is 6.22. The molecule has 0 amide bonds. The third-order valence-electron chi connectivity index (χ3n) is 2.99. The van der Waals surface area contributed by atoms with Gasteiger partial charge < -0.3 is 4.74 Å². The van der Waals surface area contributed by atoms with E-state index in [1.54, 1.807) is 6.92 Å². The van der Waals surface area contributed by atoms with Gasteiger partial charge in [-0.25, -0.2) is 13.8 Å². The SMILES string of the molecule is Cc1sc2nc(COc3ccc(F)cc3)c(F)c(=O)n2c1Br. The van der Waals surface area contributed by atoms with Crippen molar-refractivity contribution >= 4 is 32.2 Å². The van der Waals surface area contributed by atoms with Crippen molar-refractivity contribution in [2.24, 2.45) is 0 Å². The molecule has 114 valence electrons. The van der Waals surface area contributed by atoms with E-state index in [2.05, 4.69) is 20.9 Å². The summed E-state index contributed by atoms with van der Waals surface area (Å²) in [7, 11) is 0. The van der Waals surface area contributed by atoms with Crippen molar-refractivity contribution in [1.29, 1.82) is 0 Å². The first-order chi connectivity index (χ1) is 10.5. The van der Waals surface area contributed by atoms with Crippen LogP contribution >= 0.6 is 27.3 Å². The van der Waals surface area contributed by atoms with E-state index in [9.17, 15) is 13.6 Å². The van der Waals surface area contributed by atoms with E-state index in [1.165, 1.54) is 40.0 Å². The molecule has 1 aromatic carbocycles. The van der Waals surface area contributed by atoms with Gasteiger partial charge in [-0.3, -0.25) is 4.79 Å². The molecular weight excluding hydrogens is 378 g/mol. The number of hydrogen-bond donors (Lipinski definition) is 0. The maximum atomic E-state index is 14.1. The summed E-state index contributed by atoms with van der Waals surface area (Å²) in [6, 6.07) is 5.31. The van der Waals surface area contributed by atoms with Gasteiger partial charge in [0.15, 0.2) is 4.96 Å². The average molecular weight is 387 g/mol. The predicted octanol–water partition coefficient (Wildman–Crippen LogP) is 3.68. The van der Waals surface area contributed by atoms with Gasteiger partial charge in [-0.05, 0) is 47.1 Å². The van der Waals surface area contributed by atoms with Crippen LogP contribution in [0.1, 0.15) is 10.6 Å². The molecule has 3 rings (SSSR count). The standard InChI is InChI=1S/C14H9BrF2N2O2S/c1-7-12(15)19-13(20)11(17)10(18-14(19)22-7)6-21-9-4-2-8(16)3-5-9/h2-5H,6H2,1H3. The molecule has 0 spiro atoms. The van der Waals surface area contributed by atoms with Crippen molar-refractivity contribution in [3.8, 4) is 5.75 Å². The molecule has 0 atom stereocenters. The van der Waals surface area contributed by atoms with Gasteiger partial charge in [-0.15, -0.1) is 11.3 Å². The maximum absolute atomic E-state index is 14.1. The second-order valence-electron chi connectivity index (χ2n) is 4.49. The number of aromatic nitrogens is 2. The lowest BCUT2D eigenvalue weighted by atomic mass is 10.3. The van der Waals surface area contributed by atoms with Crippen molar-refractivity contribution in [2.45, 2.75) is 13.5 Å². The molecule has 3 aromatic rings. The zero-order valence-corrected chi connectivity index (χ0v) is 13.7. The van der Waals surface area contributed by atoms with Crippen LogP contribution in [0, 0.1) is 18.6 Å². The fraction of sp³-hybridized carbons (Fsp3) is 0.143.